The molecule has 0 bridgehead atoms. The zero-order chi connectivity index (χ0) is 33.6. The van der Waals surface area contributed by atoms with Gasteiger partial charge >= 0.3 is 0 Å². The molecule has 3 unspecified atom stereocenters. The monoisotopic (exact) mass is 639 g/mol. The van der Waals surface area contributed by atoms with Gasteiger partial charge < -0.3 is 15.3 Å². The van der Waals surface area contributed by atoms with Crippen molar-refractivity contribution < 1.29 is 29.7 Å². The molecule has 0 aromatic rings. The third-order valence-electron chi connectivity index (χ3n) is 9.60. The second-order valence-corrected chi connectivity index (χ2v) is 13.7. The van der Waals surface area contributed by atoms with Crippen molar-refractivity contribution in [3.8, 4) is 0 Å². The molecule has 0 aromatic heterocycles. The summed E-state index contributed by atoms with van der Waals surface area (Å²) in [6, 6.07) is 0. The van der Waals surface area contributed by atoms with Crippen LogP contribution in [0.15, 0.2) is 0 Å². The van der Waals surface area contributed by atoms with Gasteiger partial charge in [-0.2, -0.15) is 0 Å². The summed E-state index contributed by atoms with van der Waals surface area (Å²) >= 11 is 0. The van der Waals surface area contributed by atoms with E-state index in [9.17, 15) is 29.7 Å². The van der Waals surface area contributed by atoms with Gasteiger partial charge in [-0.15, -0.1) is 0 Å². The first-order valence-electron chi connectivity index (χ1n) is 19.4. The van der Waals surface area contributed by atoms with Crippen molar-refractivity contribution in [1.29, 1.82) is 0 Å². The molecule has 0 aliphatic rings. The van der Waals surface area contributed by atoms with Crippen molar-refractivity contribution in [3.05, 3.63) is 0 Å². The number of rotatable bonds is 35. The molecule has 0 fully saturated rings. The van der Waals surface area contributed by atoms with Crippen LogP contribution in [-0.2, 0) is 14.4 Å². The van der Waals surface area contributed by atoms with E-state index >= 15 is 0 Å². The lowest BCUT2D eigenvalue weighted by molar-refractivity contribution is -0.170. The van der Waals surface area contributed by atoms with E-state index < -0.39 is 35.8 Å². The normalized spacial score (nSPS) is 14.3. The topological polar surface area (TPSA) is 112 Å². The van der Waals surface area contributed by atoms with Crippen LogP contribution < -0.4 is 0 Å². The molecule has 0 heterocycles. The summed E-state index contributed by atoms with van der Waals surface area (Å²) in [5.41, 5.74) is -2.74. The Morgan fingerprint density at radius 3 is 1.13 bits per heavy atom. The van der Waals surface area contributed by atoms with Crippen LogP contribution in [0.1, 0.15) is 207 Å². The molecule has 0 aliphatic heterocycles. The van der Waals surface area contributed by atoms with Crippen LogP contribution in [0.25, 0.3) is 0 Å². The fourth-order valence-electron chi connectivity index (χ4n) is 6.43. The molecule has 0 radical (unpaired) electrons. The van der Waals surface area contributed by atoms with E-state index in [0.717, 1.165) is 38.5 Å². The molecule has 0 aromatic carbocycles. The van der Waals surface area contributed by atoms with Gasteiger partial charge in [0, 0.05) is 12.8 Å². The van der Waals surface area contributed by atoms with Crippen LogP contribution in [0.2, 0.25) is 0 Å². The molecule has 6 heteroatoms. The minimum Gasteiger partial charge on any atom is -0.394 e. The fraction of sp³-hybridized carbons (Fsp3) is 0.923. The Hall–Kier alpha value is -1.11. The minimum atomic E-state index is -2.74. The summed E-state index contributed by atoms with van der Waals surface area (Å²) < 4.78 is 0. The predicted octanol–water partition coefficient (Wildman–Crippen LogP) is 9.77. The predicted molar refractivity (Wildman–Crippen MR) is 187 cm³/mol. The standard InChI is InChI=1S/C39H74O6/c1-4-7-9-11-13-15-17-19-21-23-25-27-29-31-35(41)34(6-3)38(44)39(45,37(43)33-40)36(42)32-30-28-26-24-22-20-18-16-14-12-10-8-5-2/h34,37,40,43,45H,4-33H2,1-3H3. The number of hydrogen-bond donors (Lipinski definition) is 3. The van der Waals surface area contributed by atoms with Gasteiger partial charge in [0.15, 0.2) is 11.6 Å². The number of ketones is 3. The average Bonchev–Trinajstić information content (AvgIpc) is 3.04. The number of carbonyl (C=O) groups excluding carboxylic acids is 3. The summed E-state index contributed by atoms with van der Waals surface area (Å²) in [6.07, 6.45) is 29.0. The molecule has 0 saturated heterocycles. The number of carbonyl (C=O) groups is 3. The van der Waals surface area contributed by atoms with Gasteiger partial charge in [0.1, 0.15) is 11.9 Å². The minimum absolute atomic E-state index is 0.0550. The van der Waals surface area contributed by atoms with Gasteiger partial charge in [0.25, 0.3) is 0 Å². The smallest absolute Gasteiger partial charge is 0.210 e. The largest absolute Gasteiger partial charge is 0.394 e. The van der Waals surface area contributed by atoms with Crippen LogP contribution in [0, 0.1) is 5.92 Å². The molecular formula is C39H74O6. The Bertz CT molecular complexity index is 722. The Morgan fingerprint density at radius 1 is 0.511 bits per heavy atom. The molecule has 0 amide bonds. The van der Waals surface area contributed by atoms with Gasteiger partial charge in [-0.1, -0.05) is 175 Å². The fourth-order valence-corrected chi connectivity index (χ4v) is 6.43. The van der Waals surface area contributed by atoms with E-state index in [2.05, 4.69) is 13.8 Å². The lowest BCUT2D eigenvalue weighted by Gasteiger charge is -2.32. The first-order valence-corrected chi connectivity index (χ1v) is 19.4. The van der Waals surface area contributed by atoms with Gasteiger partial charge in [-0.25, -0.2) is 0 Å². The number of Topliss-reactive ketones (excluding diaryl/α,β-unsaturated/α-hetero) is 3. The summed E-state index contributed by atoms with van der Waals surface area (Å²) in [7, 11) is 0. The maximum atomic E-state index is 13.4. The van der Waals surface area contributed by atoms with Crippen molar-refractivity contribution in [3.63, 3.8) is 0 Å². The second kappa shape index (κ2) is 30.2. The van der Waals surface area contributed by atoms with Crippen molar-refractivity contribution in [1.82, 2.24) is 0 Å². The molecule has 0 aliphatic carbocycles. The highest BCUT2D eigenvalue weighted by atomic mass is 16.4. The van der Waals surface area contributed by atoms with Gasteiger partial charge in [-0.3, -0.25) is 14.4 Å². The average molecular weight is 639 g/mol. The van der Waals surface area contributed by atoms with Crippen LogP contribution in [0.5, 0.6) is 0 Å². The number of hydrogen-bond acceptors (Lipinski definition) is 6. The van der Waals surface area contributed by atoms with Gasteiger partial charge in [0.2, 0.25) is 5.60 Å². The molecule has 266 valence electrons. The third kappa shape index (κ3) is 20.7. The van der Waals surface area contributed by atoms with E-state index in [1.807, 2.05) is 0 Å². The third-order valence-corrected chi connectivity index (χ3v) is 9.60. The lowest BCUT2D eigenvalue weighted by atomic mass is 9.76. The number of unbranched alkanes of at least 4 members (excludes halogenated alkanes) is 24. The number of aliphatic hydroxyl groups excluding tert-OH is 2. The summed E-state index contributed by atoms with van der Waals surface area (Å²) in [5.74, 6) is -3.18. The van der Waals surface area contributed by atoms with Crippen LogP contribution in [0.3, 0.4) is 0 Å². The lowest BCUT2D eigenvalue weighted by Crippen LogP contribution is -2.60. The number of aliphatic hydroxyl groups is 3. The Morgan fingerprint density at radius 2 is 0.822 bits per heavy atom. The quantitative estimate of drug-likeness (QED) is 0.0471. The maximum Gasteiger partial charge on any atom is 0.210 e. The van der Waals surface area contributed by atoms with Gasteiger partial charge in [-0.05, 0) is 19.3 Å². The van der Waals surface area contributed by atoms with E-state index in [-0.39, 0.29) is 25.0 Å². The highest BCUT2D eigenvalue weighted by Crippen LogP contribution is 2.26. The Labute approximate surface area is 277 Å². The summed E-state index contributed by atoms with van der Waals surface area (Å²) in [6.45, 7) is 5.25. The summed E-state index contributed by atoms with van der Waals surface area (Å²) in [5, 5.41) is 31.2. The Kier molecular flexibility index (Phi) is 29.5. The van der Waals surface area contributed by atoms with Crippen LogP contribution >= 0.6 is 0 Å². The molecule has 45 heavy (non-hydrogen) atoms. The first-order chi connectivity index (χ1) is 21.8. The highest BCUT2D eigenvalue weighted by Gasteiger charge is 2.52. The van der Waals surface area contributed by atoms with E-state index in [1.165, 1.54) is 116 Å². The molecule has 3 atom stereocenters. The maximum absolute atomic E-state index is 13.4. The van der Waals surface area contributed by atoms with Crippen LogP contribution in [0.4, 0.5) is 0 Å². The SMILES string of the molecule is CCCCCCCCCCCCCCCC(=O)C(CC)C(=O)C(O)(C(=O)CCCCCCCCCCCCCCC)C(O)CO. The summed E-state index contributed by atoms with van der Waals surface area (Å²) in [4.78, 5) is 39.5. The molecule has 0 spiro atoms. The molecule has 0 rings (SSSR count). The van der Waals surface area contributed by atoms with E-state index in [0.29, 0.717) is 12.8 Å². The van der Waals surface area contributed by atoms with Crippen molar-refractivity contribution in [2.75, 3.05) is 6.61 Å². The highest BCUT2D eigenvalue weighted by molar-refractivity contribution is 6.17. The van der Waals surface area contributed by atoms with Gasteiger partial charge in [0.05, 0.1) is 12.5 Å². The van der Waals surface area contributed by atoms with E-state index in [1.54, 1.807) is 6.92 Å². The first kappa shape index (κ1) is 43.9. The molecular weight excluding hydrogens is 564 g/mol. The Balaban J connectivity index is 4.39. The zero-order valence-electron chi connectivity index (χ0n) is 29.9. The van der Waals surface area contributed by atoms with Crippen molar-refractivity contribution in [2.45, 2.75) is 219 Å². The molecule has 0 saturated carbocycles. The zero-order valence-corrected chi connectivity index (χ0v) is 29.9. The molecule has 3 N–H and O–H groups in total. The van der Waals surface area contributed by atoms with E-state index in [4.69, 9.17) is 0 Å². The molecule has 6 nitrogen and oxygen atoms in total. The van der Waals surface area contributed by atoms with Crippen molar-refractivity contribution in [2.24, 2.45) is 5.92 Å². The van der Waals surface area contributed by atoms with Crippen LogP contribution in [-0.4, -0.2) is 51.0 Å². The van der Waals surface area contributed by atoms with Crippen molar-refractivity contribution >= 4 is 17.3 Å². The second-order valence-electron chi connectivity index (χ2n) is 13.7.